The lowest BCUT2D eigenvalue weighted by Crippen LogP contribution is -2.43. The van der Waals surface area contributed by atoms with Gasteiger partial charge in [-0.25, -0.2) is 4.99 Å². The summed E-state index contributed by atoms with van der Waals surface area (Å²) in [5, 5.41) is 6.81. The smallest absolute Gasteiger partial charge is 0.242 e. The maximum atomic E-state index is 11.9. The minimum atomic E-state index is -0.252. The highest BCUT2D eigenvalue weighted by atomic mass is 127. The highest BCUT2D eigenvalue weighted by molar-refractivity contribution is 14.0. The zero-order chi connectivity index (χ0) is 17.5. The lowest BCUT2D eigenvalue weighted by Gasteiger charge is -2.23. The van der Waals surface area contributed by atoms with Gasteiger partial charge in [0.1, 0.15) is 6.54 Å². The molecule has 0 atom stereocenters. The number of benzene rings is 1. The number of carbonyl (C=O) groups excluding carboxylic acids is 1. The molecule has 0 saturated carbocycles. The van der Waals surface area contributed by atoms with Gasteiger partial charge in [0.05, 0.1) is 0 Å². The summed E-state index contributed by atoms with van der Waals surface area (Å²) in [6.07, 6.45) is 0. The van der Waals surface area contributed by atoms with E-state index in [4.69, 9.17) is 11.6 Å². The van der Waals surface area contributed by atoms with Crippen molar-refractivity contribution in [3.05, 3.63) is 34.9 Å². The van der Waals surface area contributed by atoms with Gasteiger partial charge in [0.25, 0.3) is 0 Å². The van der Waals surface area contributed by atoms with Gasteiger partial charge in [0, 0.05) is 30.7 Å². The zero-order valence-corrected chi connectivity index (χ0v) is 18.1. The van der Waals surface area contributed by atoms with E-state index >= 15 is 0 Å². The number of rotatable bonds is 5. The fraction of sp³-hybridized carbons (Fsp3) is 0.529. The molecule has 0 bridgehead atoms. The number of halogens is 2. The van der Waals surface area contributed by atoms with Crippen LogP contribution < -0.4 is 10.6 Å². The van der Waals surface area contributed by atoms with Crippen molar-refractivity contribution in [2.24, 2.45) is 4.99 Å². The lowest BCUT2D eigenvalue weighted by atomic mass is 10.1. The summed E-state index contributed by atoms with van der Waals surface area (Å²) in [5.74, 6) is 0.598. The van der Waals surface area contributed by atoms with Gasteiger partial charge in [-0.2, -0.15) is 0 Å². The van der Waals surface area contributed by atoms with E-state index in [0.29, 0.717) is 17.5 Å². The second-order valence-corrected chi connectivity index (χ2v) is 6.89. The van der Waals surface area contributed by atoms with Crippen molar-refractivity contribution in [3.63, 3.8) is 0 Å². The molecule has 1 amide bonds. The highest BCUT2D eigenvalue weighted by Crippen LogP contribution is 2.12. The molecule has 5 nitrogen and oxygen atoms in total. The summed E-state index contributed by atoms with van der Waals surface area (Å²) in [4.78, 5) is 18.3. The van der Waals surface area contributed by atoms with E-state index in [1.807, 2.05) is 63.9 Å². The van der Waals surface area contributed by atoms with Crippen molar-refractivity contribution in [3.8, 4) is 0 Å². The summed E-state index contributed by atoms with van der Waals surface area (Å²) in [6, 6.07) is 7.71. The van der Waals surface area contributed by atoms with Crippen LogP contribution in [0.3, 0.4) is 0 Å². The fourth-order valence-corrected chi connectivity index (χ4v) is 2.27. The Morgan fingerprint density at radius 3 is 2.54 bits per heavy atom. The molecule has 0 aliphatic rings. The number of aliphatic imine (C=N–C) groups is 1. The number of hydrogen-bond donors (Lipinski definition) is 2. The topological polar surface area (TPSA) is 56.7 Å². The van der Waals surface area contributed by atoms with Crippen molar-refractivity contribution < 1.29 is 4.79 Å². The van der Waals surface area contributed by atoms with E-state index in [2.05, 4.69) is 15.6 Å². The van der Waals surface area contributed by atoms with Gasteiger partial charge in [-0.15, -0.1) is 24.0 Å². The van der Waals surface area contributed by atoms with E-state index in [1.54, 1.807) is 0 Å². The standard InChI is InChI=1S/C17H27ClN4O.HI/c1-6-19-16(20-11-15(23)21-17(2,3)4)22(5)12-13-8-7-9-14(18)10-13;/h7-10H,6,11-12H2,1-5H3,(H,19,20)(H,21,23);1H. The summed E-state index contributed by atoms with van der Waals surface area (Å²) < 4.78 is 0. The molecular formula is C17H28ClIN4O. The number of hydrogen-bond acceptors (Lipinski definition) is 2. The summed E-state index contributed by atoms with van der Waals surface area (Å²) in [6.45, 7) is 9.34. The van der Waals surface area contributed by atoms with Crippen molar-refractivity contribution in [2.45, 2.75) is 39.8 Å². The molecular weight excluding hydrogens is 439 g/mol. The molecule has 0 aliphatic heterocycles. The number of guanidine groups is 1. The molecule has 1 aromatic carbocycles. The van der Waals surface area contributed by atoms with Crippen LogP contribution in [0.15, 0.2) is 29.3 Å². The van der Waals surface area contributed by atoms with E-state index < -0.39 is 0 Å². The number of amides is 1. The van der Waals surface area contributed by atoms with E-state index in [1.165, 1.54) is 0 Å². The van der Waals surface area contributed by atoms with Crippen LogP contribution in [0.1, 0.15) is 33.3 Å². The van der Waals surface area contributed by atoms with Crippen LogP contribution in [0.5, 0.6) is 0 Å². The molecule has 7 heteroatoms. The summed E-state index contributed by atoms with van der Waals surface area (Å²) in [5.41, 5.74) is 0.835. The van der Waals surface area contributed by atoms with E-state index in [-0.39, 0.29) is 42.0 Å². The Bertz CT molecular complexity index is 558. The van der Waals surface area contributed by atoms with Crippen molar-refractivity contribution >= 4 is 47.4 Å². The number of carbonyl (C=O) groups is 1. The van der Waals surface area contributed by atoms with Crippen molar-refractivity contribution in [2.75, 3.05) is 20.1 Å². The van der Waals surface area contributed by atoms with Crippen LogP contribution in [0.4, 0.5) is 0 Å². The first kappa shape index (κ1) is 23.0. The van der Waals surface area contributed by atoms with Crippen molar-refractivity contribution in [1.82, 2.24) is 15.5 Å². The van der Waals surface area contributed by atoms with Gasteiger partial charge in [-0.3, -0.25) is 4.79 Å². The van der Waals surface area contributed by atoms with Crippen LogP contribution >= 0.6 is 35.6 Å². The normalized spacial score (nSPS) is 11.5. The maximum absolute atomic E-state index is 11.9. The average molecular weight is 467 g/mol. The van der Waals surface area contributed by atoms with Crippen molar-refractivity contribution in [1.29, 1.82) is 0 Å². The van der Waals surface area contributed by atoms with Crippen LogP contribution in [-0.4, -0.2) is 42.4 Å². The summed E-state index contributed by atoms with van der Waals surface area (Å²) in [7, 11) is 1.93. The number of nitrogens with zero attached hydrogens (tertiary/aromatic N) is 2. The van der Waals surface area contributed by atoms with Gasteiger partial charge in [-0.1, -0.05) is 23.7 Å². The first-order chi connectivity index (χ1) is 10.7. The molecule has 2 N–H and O–H groups in total. The quantitative estimate of drug-likeness (QED) is 0.398. The van der Waals surface area contributed by atoms with Crippen LogP contribution in [0.2, 0.25) is 5.02 Å². The minimum Gasteiger partial charge on any atom is -0.357 e. The first-order valence-corrected chi connectivity index (χ1v) is 8.14. The Kier molecular flexibility index (Phi) is 10.3. The lowest BCUT2D eigenvalue weighted by molar-refractivity contribution is -0.121. The third-order valence-electron chi connectivity index (χ3n) is 2.89. The fourth-order valence-electron chi connectivity index (χ4n) is 2.06. The van der Waals surface area contributed by atoms with E-state index in [9.17, 15) is 4.79 Å². The number of nitrogens with one attached hydrogen (secondary N) is 2. The minimum absolute atomic E-state index is 0. The second kappa shape index (κ2) is 10.8. The molecule has 136 valence electrons. The Labute approximate surface area is 167 Å². The monoisotopic (exact) mass is 466 g/mol. The van der Waals surface area contributed by atoms with E-state index in [0.717, 1.165) is 12.1 Å². The van der Waals surface area contributed by atoms with Crippen LogP contribution in [-0.2, 0) is 11.3 Å². The average Bonchev–Trinajstić information content (AvgIpc) is 2.41. The van der Waals surface area contributed by atoms with Gasteiger partial charge < -0.3 is 15.5 Å². The Hall–Kier alpha value is -1.02. The SMILES string of the molecule is CCNC(=NCC(=O)NC(C)(C)C)N(C)Cc1cccc(Cl)c1.I. The molecule has 1 aromatic rings. The predicted molar refractivity (Wildman–Crippen MR) is 112 cm³/mol. The highest BCUT2D eigenvalue weighted by Gasteiger charge is 2.14. The molecule has 0 heterocycles. The van der Waals surface area contributed by atoms with Gasteiger partial charge in [0.2, 0.25) is 5.91 Å². The molecule has 0 aromatic heterocycles. The third-order valence-corrected chi connectivity index (χ3v) is 3.13. The molecule has 0 fully saturated rings. The maximum Gasteiger partial charge on any atom is 0.242 e. The molecule has 0 saturated heterocycles. The first-order valence-electron chi connectivity index (χ1n) is 7.76. The van der Waals surface area contributed by atoms with Gasteiger partial charge in [0.15, 0.2) is 5.96 Å². The molecule has 0 radical (unpaired) electrons. The molecule has 1 rings (SSSR count). The molecule has 24 heavy (non-hydrogen) atoms. The Morgan fingerprint density at radius 1 is 1.33 bits per heavy atom. The Balaban J connectivity index is 0.00000529. The largest absolute Gasteiger partial charge is 0.357 e. The van der Waals surface area contributed by atoms with Crippen LogP contribution in [0, 0.1) is 0 Å². The van der Waals surface area contributed by atoms with Crippen LogP contribution in [0.25, 0.3) is 0 Å². The second-order valence-electron chi connectivity index (χ2n) is 6.45. The molecule has 0 aliphatic carbocycles. The molecule has 0 unspecified atom stereocenters. The zero-order valence-electron chi connectivity index (χ0n) is 15.0. The van der Waals surface area contributed by atoms with Gasteiger partial charge >= 0.3 is 0 Å². The third kappa shape index (κ3) is 9.32. The van der Waals surface area contributed by atoms with Gasteiger partial charge in [-0.05, 0) is 45.4 Å². The molecule has 0 spiro atoms. The summed E-state index contributed by atoms with van der Waals surface area (Å²) >= 11 is 6.02. The Morgan fingerprint density at radius 2 is 2.00 bits per heavy atom. The predicted octanol–water partition coefficient (Wildman–Crippen LogP) is 3.27.